The predicted octanol–water partition coefficient (Wildman–Crippen LogP) is 3.30. The minimum atomic E-state index is 0.727. The van der Waals surface area contributed by atoms with Crippen LogP contribution in [-0.4, -0.2) is 23.5 Å². The highest BCUT2D eigenvalue weighted by atomic mass is 15.2. The van der Waals surface area contributed by atoms with E-state index in [-0.39, 0.29) is 0 Å². The molecule has 0 heterocycles. The minimum Gasteiger partial charge on any atom is -0.298 e. The van der Waals surface area contributed by atoms with Gasteiger partial charge in [0.05, 0.1) is 0 Å². The largest absolute Gasteiger partial charge is 0.298 e. The van der Waals surface area contributed by atoms with Gasteiger partial charge in [-0.05, 0) is 32.6 Å². The van der Waals surface area contributed by atoms with E-state index in [2.05, 4.69) is 32.6 Å². The molecule has 0 amide bonds. The SMILES string of the molecule is CC(C)CN(C(C)C)C1CCCC1. The fourth-order valence-electron chi connectivity index (χ4n) is 2.44. The molecule has 0 radical (unpaired) electrons. The molecule has 0 bridgehead atoms. The molecular formula is C12H25N. The molecule has 13 heavy (non-hydrogen) atoms. The summed E-state index contributed by atoms with van der Waals surface area (Å²) >= 11 is 0. The fraction of sp³-hybridized carbons (Fsp3) is 1.00. The molecule has 0 aromatic rings. The van der Waals surface area contributed by atoms with Crippen LogP contribution in [-0.2, 0) is 0 Å². The average molecular weight is 183 g/mol. The molecule has 1 nitrogen and oxygen atoms in total. The van der Waals surface area contributed by atoms with E-state index in [0.29, 0.717) is 0 Å². The summed E-state index contributed by atoms with van der Waals surface area (Å²) in [6.07, 6.45) is 5.77. The van der Waals surface area contributed by atoms with Crippen molar-refractivity contribution in [1.29, 1.82) is 0 Å². The second-order valence-electron chi connectivity index (χ2n) is 5.12. The first-order valence-electron chi connectivity index (χ1n) is 5.87. The van der Waals surface area contributed by atoms with Gasteiger partial charge in [0.15, 0.2) is 0 Å². The molecule has 1 rings (SSSR count). The molecule has 0 spiro atoms. The molecule has 1 fully saturated rings. The monoisotopic (exact) mass is 183 g/mol. The number of hydrogen-bond donors (Lipinski definition) is 0. The molecule has 0 atom stereocenters. The smallest absolute Gasteiger partial charge is 0.00980 e. The zero-order valence-corrected chi connectivity index (χ0v) is 9.71. The lowest BCUT2D eigenvalue weighted by molar-refractivity contribution is 0.137. The van der Waals surface area contributed by atoms with Gasteiger partial charge in [-0.1, -0.05) is 26.7 Å². The maximum atomic E-state index is 2.71. The van der Waals surface area contributed by atoms with E-state index in [9.17, 15) is 0 Å². The minimum absolute atomic E-state index is 0.727. The second kappa shape index (κ2) is 4.99. The van der Waals surface area contributed by atoms with E-state index < -0.39 is 0 Å². The van der Waals surface area contributed by atoms with E-state index in [0.717, 1.165) is 18.0 Å². The molecule has 0 aliphatic heterocycles. The predicted molar refractivity (Wildman–Crippen MR) is 58.9 cm³/mol. The molecule has 0 saturated heterocycles. The standard InChI is InChI=1S/C12H25N/c1-10(2)9-13(11(3)4)12-7-5-6-8-12/h10-12H,5-9H2,1-4H3. The van der Waals surface area contributed by atoms with Crippen LogP contribution in [0.15, 0.2) is 0 Å². The summed E-state index contributed by atoms with van der Waals surface area (Å²) in [6, 6.07) is 1.62. The Morgan fingerprint density at radius 1 is 1.08 bits per heavy atom. The Morgan fingerprint density at radius 2 is 1.62 bits per heavy atom. The van der Waals surface area contributed by atoms with Crippen LogP contribution in [0.2, 0.25) is 0 Å². The second-order valence-corrected chi connectivity index (χ2v) is 5.12. The quantitative estimate of drug-likeness (QED) is 0.646. The molecule has 0 N–H and O–H groups in total. The van der Waals surface area contributed by atoms with Crippen molar-refractivity contribution in [2.24, 2.45) is 5.92 Å². The third-order valence-corrected chi connectivity index (χ3v) is 3.03. The molecule has 0 unspecified atom stereocenters. The topological polar surface area (TPSA) is 3.24 Å². The zero-order valence-electron chi connectivity index (χ0n) is 9.71. The van der Waals surface area contributed by atoms with Gasteiger partial charge in [-0.3, -0.25) is 4.90 Å². The van der Waals surface area contributed by atoms with Crippen molar-refractivity contribution in [1.82, 2.24) is 4.90 Å². The lowest BCUT2D eigenvalue weighted by Crippen LogP contribution is -2.41. The Labute approximate surface area is 83.5 Å². The van der Waals surface area contributed by atoms with Gasteiger partial charge in [0.25, 0.3) is 0 Å². The number of nitrogens with zero attached hydrogens (tertiary/aromatic N) is 1. The first-order chi connectivity index (χ1) is 6.11. The van der Waals surface area contributed by atoms with Gasteiger partial charge >= 0.3 is 0 Å². The van der Waals surface area contributed by atoms with Crippen LogP contribution in [0.4, 0.5) is 0 Å². The van der Waals surface area contributed by atoms with Crippen LogP contribution >= 0.6 is 0 Å². The highest BCUT2D eigenvalue weighted by Crippen LogP contribution is 2.25. The molecule has 1 aliphatic rings. The first-order valence-corrected chi connectivity index (χ1v) is 5.87. The molecule has 78 valence electrons. The number of hydrogen-bond acceptors (Lipinski definition) is 1. The van der Waals surface area contributed by atoms with Gasteiger partial charge < -0.3 is 0 Å². The van der Waals surface area contributed by atoms with Crippen molar-refractivity contribution in [3.05, 3.63) is 0 Å². The maximum absolute atomic E-state index is 2.71. The van der Waals surface area contributed by atoms with Gasteiger partial charge in [-0.2, -0.15) is 0 Å². The molecule has 1 aliphatic carbocycles. The van der Waals surface area contributed by atoms with Crippen LogP contribution < -0.4 is 0 Å². The first kappa shape index (κ1) is 11.0. The highest BCUT2D eigenvalue weighted by Gasteiger charge is 2.24. The van der Waals surface area contributed by atoms with Crippen LogP contribution in [0.1, 0.15) is 53.4 Å². The number of rotatable bonds is 4. The van der Waals surface area contributed by atoms with E-state index >= 15 is 0 Å². The summed E-state index contributed by atoms with van der Waals surface area (Å²) in [6.45, 7) is 10.6. The van der Waals surface area contributed by atoms with Gasteiger partial charge in [0, 0.05) is 18.6 Å². The Morgan fingerprint density at radius 3 is 2.00 bits per heavy atom. The summed E-state index contributed by atoms with van der Waals surface area (Å²) in [4.78, 5) is 2.71. The summed E-state index contributed by atoms with van der Waals surface area (Å²) in [5.41, 5.74) is 0. The maximum Gasteiger partial charge on any atom is 0.00980 e. The van der Waals surface area contributed by atoms with Crippen molar-refractivity contribution in [2.75, 3.05) is 6.54 Å². The third-order valence-electron chi connectivity index (χ3n) is 3.03. The van der Waals surface area contributed by atoms with Gasteiger partial charge in [-0.15, -0.1) is 0 Å². The Hall–Kier alpha value is -0.0400. The van der Waals surface area contributed by atoms with Crippen molar-refractivity contribution in [3.63, 3.8) is 0 Å². The molecule has 1 saturated carbocycles. The van der Waals surface area contributed by atoms with Crippen molar-refractivity contribution in [3.8, 4) is 0 Å². The lowest BCUT2D eigenvalue weighted by Gasteiger charge is -2.34. The molecule has 1 heteroatoms. The average Bonchev–Trinajstić information content (AvgIpc) is 2.50. The van der Waals surface area contributed by atoms with Gasteiger partial charge in [0.2, 0.25) is 0 Å². The van der Waals surface area contributed by atoms with Gasteiger partial charge in [0.1, 0.15) is 0 Å². The van der Waals surface area contributed by atoms with Crippen molar-refractivity contribution < 1.29 is 0 Å². The van der Waals surface area contributed by atoms with Crippen LogP contribution in [0.5, 0.6) is 0 Å². The highest BCUT2D eigenvalue weighted by molar-refractivity contribution is 4.80. The van der Waals surface area contributed by atoms with E-state index in [1.807, 2.05) is 0 Å². The third kappa shape index (κ3) is 3.30. The Bertz CT molecular complexity index is 134. The van der Waals surface area contributed by atoms with Crippen LogP contribution in [0, 0.1) is 5.92 Å². The fourth-order valence-corrected chi connectivity index (χ4v) is 2.44. The summed E-state index contributed by atoms with van der Waals surface area (Å²) in [5.74, 6) is 0.808. The summed E-state index contributed by atoms with van der Waals surface area (Å²) in [7, 11) is 0. The normalized spacial score (nSPS) is 19.6. The van der Waals surface area contributed by atoms with Crippen molar-refractivity contribution >= 4 is 0 Å². The summed E-state index contributed by atoms with van der Waals surface area (Å²) in [5, 5.41) is 0. The van der Waals surface area contributed by atoms with Crippen LogP contribution in [0.3, 0.4) is 0 Å². The van der Waals surface area contributed by atoms with E-state index in [1.165, 1.54) is 32.2 Å². The lowest BCUT2D eigenvalue weighted by atomic mass is 10.1. The molecular weight excluding hydrogens is 158 g/mol. The van der Waals surface area contributed by atoms with E-state index in [4.69, 9.17) is 0 Å². The van der Waals surface area contributed by atoms with Gasteiger partial charge in [-0.25, -0.2) is 0 Å². The Balaban J connectivity index is 2.45. The van der Waals surface area contributed by atoms with Crippen molar-refractivity contribution in [2.45, 2.75) is 65.5 Å². The summed E-state index contributed by atoms with van der Waals surface area (Å²) < 4.78 is 0. The Kier molecular flexibility index (Phi) is 4.24. The van der Waals surface area contributed by atoms with Crippen LogP contribution in [0.25, 0.3) is 0 Å². The zero-order chi connectivity index (χ0) is 9.84. The molecule has 0 aromatic carbocycles. The molecule has 0 aromatic heterocycles. The van der Waals surface area contributed by atoms with E-state index in [1.54, 1.807) is 0 Å².